The minimum Gasteiger partial charge on any atom is -0.338 e. The Morgan fingerprint density at radius 3 is 2.44 bits per heavy atom. The van der Waals surface area contributed by atoms with E-state index in [1.165, 1.54) is 0 Å². The van der Waals surface area contributed by atoms with Crippen LogP contribution in [0.3, 0.4) is 0 Å². The van der Waals surface area contributed by atoms with Crippen molar-refractivity contribution in [3.63, 3.8) is 0 Å². The number of carbonyl (C=O) groups excluding carboxylic acids is 1. The Morgan fingerprint density at radius 1 is 1.08 bits per heavy atom. The second kappa shape index (κ2) is 6.29. The van der Waals surface area contributed by atoms with E-state index in [4.69, 9.17) is 32.7 Å². The normalized spacial score (nSPS) is 18.7. The van der Waals surface area contributed by atoms with Crippen LogP contribution in [0.25, 0.3) is 0 Å². The third-order valence-corrected chi connectivity index (χ3v) is 5.38. The second-order valence-electron chi connectivity index (χ2n) is 6.30. The molecule has 130 valence electrons. The SMILES string of the molecule is Cc1ccc(CN2C(=O)C3(OCCCO3)c3ccc(Cl)c(Cl)c32)cc1. The molecule has 2 aliphatic rings. The zero-order valence-corrected chi connectivity index (χ0v) is 15.2. The first-order valence-electron chi connectivity index (χ1n) is 8.17. The highest BCUT2D eigenvalue weighted by Gasteiger charge is 2.55. The smallest absolute Gasteiger partial charge is 0.292 e. The number of rotatable bonds is 2. The van der Waals surface area contributed by atoms with E-state index in [1.807, 2.05) is 31.2 Å². The Bertz CT molecular complexity index is 829. The standard InChI is InChI=1S/C19H17Cl2NO3/c1-12-3-5-13(6-4-12)11-22-17-14(7-8-15(20)16(17)21)19(18(22)23)24-9-2-10-25-19/h3-8H,2,9-11H2,1H3. The predicted octanol–water partition coefficient (Wildman–Crippen LogP) is 4.44. The molecule has 4 rings (SSSR count). The van der Waals surface area contributed by atoms with Gasteiger partial charge < -0.3 is 14.4 Å². The van der Waals surface area contributed by atoms with Crippen molar-refractivity contribution in [2.45, 2.75) is 25.7 Å². The molecule has 2 aromatic rings. The lowest BCUT2D eigenvalue weighted by Gasteiger charge is -2.32. The molecule has 0 N–H and O–H groups in total. The summed E-state index contributed by atoms with van der Waals surface area (Å²) in [4.78, 5) is 14.9. The van der Waals surface area contributed by atoms with E-state index in [1.54, 1.807) is 17.0 Å². The molecule has 1 saturated heterocycles. The van der Waals surface area contributed by atoms with Crippen LogP contribution < -0.4 is 4.90 Å². The zero-order chi connectivity index (χ0) is 17.6. The van der Waals surface area contributed by atoms with E-state index in [0.717, 1.165) is 17.5 Å². The van der Waals surface area contributed by atoms with Crippen LogP contribution in [-0.4, -0.2) is 19.1 Å². The number of fused-ring (bicyclic) bond motifs is 2. The topological polar surface area (TPSA) is 38.8 Å². The molecule has 0 bridgehead atoms. The Labute approximate surface area is 156 Å². The molecule has 2 heterocycles. The first kappa shape index (κ1) is 16.9. The van der Waals surface area contributed by atoms with Gasteiger partial charge in [-0.25, -0.2) is 0 Å². The average Bonchev–Trinajstić information content (AvgIpc) is 2.84. The number of halogens is 2. The highest BCUT2D eigenvalue weighted by molar-refractivity contribution is 6.44. The van der Waals surface area contributed by atoms with E-state index in [-0.39, 0.29) is 5.91 Å². The van der Waals surface area contributed by atoms with Crippen LogP contribution in [0, 0.1) is 6.92 Å². The number of carbonyl (C=O) groups is 1. The van der Waals surface area contributed by atoms with Gasteiger partial charge in [0.25, 0.3) is 11.7 Å². The third kappa shape index (κ3) is 2.64. The fourth-order valence-corrected chi connectivity index (χ4v) is 3.72. The van der Waals surface area contributed by atoms with Gasteiger partial charge in [-0.2, -0.15) is 0 Å². The summed E-state index contributed by atoms with van der Waals surface area (Å²) >= 11 is 12.7. The molecule has 0 aliphatic carbocycles. The van der Waals surface area contributed by atoms with Gasteiger partial charge in [0.05, 0.1) is 35.5 Å². The molecule has 4 nitrogen and oxygen atoms in total. The first-order valence-corrected chi connectivity index (χ1v) is 8.92. The molecular weight excluding hydrogens is 361 g/mol. The molecule has 2 aromatic carbocycles. The Morgan fingerprint density at radius 2 is 1.76 bits per heavy atom. The number of benzene rings is 2. The summed E-state index contributed by atoms with van der Waals surface area (Å²) in [5.74, 6) is -1.67. The van der Waals surface area contributed by atoms with Gasteiger partial charge in [-0.3, -0.25) is 4.79 Å². The quantitative estimate of drug-likeness (QED) is 0.776. The molecule has 2 aliphatic heterocycles. The van der Waals surface area contributed by atoms with Crippen molar-refractivity contribution in [3.05, 3.63) is 63.1 Å². The molecule has 0 unspecified atom stereocenters. The van der Waals surface area contributed by atoms with Crippen LogP contribution in [0.4, 0.5) is 5.69 Å². The molecule has 6 heteroatoms. The van der Waals surface area contributed by atoms with Crippen molar-refractivity contribution in [3.8, 4) is 0 Å². The lowest BCUT2D eigenvalue weighted by atomic mass is 10.1. The Balaban J connectivity index is 1.81. The van der Waals surface area contributed by atoms with Gasteiger partial charge in [0, 0.05) is 5.56 Å². The monoisotopic (exact) mass is 377 g/mol. The number of nitrogens with zero attached hydrogens (tertiary/aromatic N) is 1. The summed E-state index contributed by atoms with van der Waals surface area (Å²) in [7, 11) is 0. The Hall–Kier alpha value is -1.59. The van der Waals surface area contributed by atoms with Crippen LogP contribution in [0.1, 0.15) is 23.1 Å². The third-order valence-electron chi connectivity index (χ3n) is 4.58. The molecule has 0 saturated carbocycles. The van der Waals surface area contributed by atoms with Gasteiger partial charge in [0.2, 0.25) is 0 Å². The molecule has 0 aromatic heterocycles. The average molecular weight is 378 g/mol. The number of ether oxygens (including phenoxy) is 2. The van der Waals surface area contributed by atoms with E-state index >= 15 is 0 Å². The summed E-state index contributed by atoms with van der Waals surface area (Å²) in [5.41, 5.74) is 3.35. The van der Waals surface area contributed by atoms with Crippen LogP contribution in [0.5, 0.6) is 0 Å². The number of aryl methyl sites for hydroxylation is 1. The van der Waals surface area contributed by atoms with Crippen molar-refractivity contribution in [2.75, 3.05) is 18.1 Å². The fraction of sp³-hybridized carbons (Fsp3) is 0.316. The van der Waals surface area contributed by atoms with Crippen LogP contribution >= 0.6 is 23.2 Å². The summed E-state index contributed by atoms with van der Waals surface area (Å²) in [6, 6.07) is 11.5. The fourth-order valence-electron chi connectivity index (χ4n) is 3.30. The maximum absolute atomic E-state index is 13.2. The summed E-state index contributed by atoms with van der Waals surface area (Å²) < 4.78 is 11.7. The maximum Gasteiger partial charge on any atom is 0.292 e. The van der Waals surface area contributed by atoms with E-state index in [2.05, 4.69) is 0 Å². The molecule has 25 heavy (non-hydrogen) atoms. The van der Waals surface area contributed by atoms with Crippen molar-refractivity contribution in [1.82, 2.24) is 0 Å². The lowest BCUT2D eigenvalue weighted by molar-refractivity contribution is -0.256. The minimum atomic E-state index is -1.41. The highest BCUT2D eigenvalue weighted by atomic mass is 35.5. The van der Waals surface area contributed by atoms with Gasteiger partial charge in [-0.1, -0.05) is 53.0 Å². The second-order valence-corrected chi connectivity index (χ2v) is 7.09. The molecule has 1 amide bonds. The van der Waals surface area contributed by atoms with Crippen molar-refractivity contribution in [2.24, 2.45) is 0 Å². The van der Waals surface area contributed by atoms with Crippen LogP contribution in [-0.2, 0) is 26.6 Å². The van der Waals surface area contributed by atoms with Gasteiger partial charge in [-0.05, 0) is 31.0 Å². The number of amides is 1. The molecule has 1 fully saturated rings. The maximum atomic E-state index is 13.2. The number of hydrogen-bond donors (Lipinski definition) is 0. The zero-order valence-electron chi connectivity index (χ0n) is 13.7. The van der Waals surface area contributed by atoms with Gasteiger partial charge in [-0.15, -0.1) is 0 Å². The molecule has 1 spiro atoms. The molecular formula is C19H17Cl2NO3. The van der Waals surface area contributed by atoms with Crippen molar-refractivity contribution in [1.29, 1.82) is 0 Å². The van der Waals surface area contributed by atoms with Crippen molar-refractivity contribution >= 4 is 34.8 Å². The summed E-state index contributed by atoms with van der Waals surface area (Å²) in [6.45, 7) is 3.32. The molecule has 0 radical (unpaired) electrons. The summed E-state index contributed by atoms with van der Waals surface area (Å²) in [5, 5.41) is 0.740. The summed E-state index contributed by atoms with van der Waals surface area (Å²) in [6.07, 6.45) is 0.754. The number of hydrogen-bond acceptors (Lipinski definition) is 3. The van der Waals surface area contributed by atoms with Gasteiger partial charge in [0.1, 0.15) is 0 Å². The largest absolute Gasteiger partial charge is 0.338 e. The van der Waals surface area contributed by atoms with E-state index < -0.39 is 5.79 Å². The predicted molar refractivity (Wildman–Crippen MR) is 97.0 cm³/mol. The van der Waals surface area contributed by atoms with E-state index in [9.17, 15) is 4.79 Å². The first-order chi connectivity index (χ1) is 12.0. The highest BCUT2D eigenvalue weighted by Crippen LogP contribution is 2.50. The van der Waals surface area contributed by atoms with Gasteiger partial charge >= 0.3 is 0 Å². The minimum absolute atomic E-state index is 0.257. The van der Waals surface area contributed by atoms with Crippen molar-refractivity contribution < 1.29 is 14.3 Å². The van der Waals surface area contributed by atoms with Crippen LogP contribution in [0.15, 0.2) is 36.4 Å². The van der Waals surface area contributed by atoms with Gasteiger partial charge in [0.15, 0.2) is 0 Å². The molecule has 0 atom stereocenters. The van der Waals surface area contributed by atoms with E-state index in [0.29, 0.717) is 41.1 Å². The Kier molecular flexibility index (Phi) is 4.24. The van der Waals surface area contributed by atoms with Crippen LogP contribution in [0.2, 0.25) is 10.0 Å². The number of anilines is 1. The lowest BCUT2D eigenvalue weighted by Crippen LogP contribution is -2.47.